The summed E-state index contributed by atoms with van der Waals surface area (Å²) < 4.78 is 11.2. The fourth-order valence-electron chi connectivity index (χ4n) is 4.31. The largest absolute Gasteiger partial charge is 0.618 e. The van der Waals surface area contributed by atoms with Crippen LogP contribution in [0.15, 0.2) is 59.3 Å². The van der Waals surface area contributed by atoms with E-state index in [-0.39, 0.29) is 37.3 Å². The van der Waals surface area contributed by atoms with Crippen LogP contribution in [0.4, 0.5) is 5.88 Å². The Labute approximate surface area is 176 Å². The van der Waals surface area contributed by atoms with Gasteiger partial charge in [-0.3, -0.25) is 10.1 Å². The Bertz CT molecular complexity index is 1160. The third-order valence-corrected chi connectivity index (χ3v) is 6.06. The summed E-state index contributed by atoms with van der Waals surface area (Å²) in [7, 11) is 0. The Balaban J connectivity index is 1.30. The number of esters is 1. The highest BCUT2D eigenvalue weighted by atomic mass is 16.6. The van der Waals surface area contributed by atoms with E-state index in [2.05, 4.69) is 10.5 Å². The minimum absolute atomic E-state index is 0.0347. The topological polar surface area (TPSA) is 129 Å². The van der Waals surface area contributed by atoms with Crippen molar-refractivity contribution in [2.45, 2.75) is 36.9 Å². The first-order valence-electron chi connectivity index (χ1n) is 9.92. The zero-order valence-corrected chi connectivity index (χ0v) is 16.4. The van der Waals surface area contributed by atoms with Crippen molar-refractivity contribution in [2.75, 3.05) is 5.32 Å². The van der Waals surface area contributed by atoms with E-state index >= 15 is 0 Å². The second-order valence-corrected chi connectivity index (χ2v) is 7.91. The lowest BCUT2D eigenvalue weighted by molar-refractivity contribution is -0.608. The van der Waals surface area contributed by atoms with Gasteiger partial charge >= 0.3 is 11.7 Å². The van der Waals surface area contributed by atoms with Gasteiger partial charge in [0.05, 0.1) is 5.56 Å². The second-order valence-electron chi connectivity index (χ2n) is 7.91. The van der Waals surface area contributed by atoms with Crippen LogP contribution in [0.3, 0.4) is 0 Å². The van der Waals surface area contributed by atoms with Crippen LogP contribution < -0.4 is 10.0 Å². The maximum atomic E-state index is 12.8. The van der Waals surface area contributed by atoms with E-state index in [0.717, 1.165) is 5.56 Å². The molecule has 0 atom stereocenters. The molecular weight excluding hydrogens is 402 g/mol. The number of hydrogen-bond acceptors (Lipinski definition) is 7. The molecule has 9 nitrogen and oxygen atoms in total. The van der Waals surface area contributed by atoms with E-state index in [0.29, 0.717) is 16.0 Å². The molecular formula is C22H19N3O6. The molecule has 1 aliphatic heterocycles. The number of nitrogens with one attached hydrogen (secondary N) is 1. The van der Waals surface area contributed by atoms with Gasteiger partial charge in [0.2, 0.25) is 5.88 Å². The van der Waals surface area contributed by atoms with Crippen molar-refractivity contribution in [1.29, 1.82) is 0 Å². The number of carbonyl (C=O) groups excluding carboxylic acids is 2. The van der Waals surface area contributed by atoms with Gasteiger partial charge in [-0.05, 0) is 31.7 Å². The first-order chi connectivity index (χ1) is 14.9. The predicted octanol–water partition coefficient (Wildman–Crippen LogP) is 2.28. The summed E-state index contributed by atoms with van der Waals surface area (Å²) in [6.07, 6.45) is 1.78. The average molecular weight is 421 g/mol. The summed E-state index contributed by atoms with van der Waals surface area (Å²) in [6, 6.07) is 14.2. The van der Waals surface area contributed by atoms with Crippen LogP contribution in [-0.4, -0.2) is 27.7 Å². The molecule has 1 spiro atoms. The smallest absolute Gasteiger partial charge is 0.406 e. The number of rotatable bonds is 3. The van der Waals surface area contributed by atoms with E-state index in [4.69, 9.17) is 9.26 Å². The molecule has 9 heteroatoms. The monoisotopic (exact) mass is 421 g/mol. The molecule has 5 rings (SSSR count). The first kappa shape index (κ1) is 19.3. The maximum absolute atomic E-state index is 12.8. The zero-order chi connectivity index (χ0) is 21.6. The lowest BCUT2D eigenvalue weighted by Crippen LogP contribution is -2.49. The van der Waals surface area contributed by atoms with Crippen molar-refractivity contribution < 1.29 is 28.7 Å². The van der Waals surface area contributed by atoms with Gasteiger partial charge in [-0.1, -0.05) is 35.5 Å². The van der Waals surface area contributed by atoms with Crippen molar-refractivity contribution in [2.24, 2.45) is 0 Å². The maximum Gasteiger partial charge on any atom is 0.406 e. The summed E-state index contributed by atoms with van der Waals surface area (Å²) >= 11 is 0. The molecule has 3 heterocycles. The van der Waals surface area contributed by atoms with E-state index in [1.807, 2.05) is 30.3 Å². The minimum atomic E-state index is -1.66. The fourth-order valence-corrected chi connectivity index (χ4v) is 4.31. The Morgan fingerprint density at radius 3 is 2.61 bits per heavy atom. The highest BCUT2D eigenvalue weighted by Crippen LogP contribution is 2.48. The zero-order valence-electron chi connectivity index (χ0n) is 16.4. The summed E-state index contributed by atoms with van der Waals surface area (Å²) in [5, 5.41) is 29.5. The second kappa shape index (κ2) is 6.92. The predicted molar refractivity (Wildman–Crippen MR) is 106 cm³/mol. The quantitative estimate of drug-likeness (QED) is 0.377. The van der Waals surface area contributed by atoms with Gasteiger partial charge in [0.1, 0.15) is 16.9 Å². The number of fused-ring (bicyclic) bond motifs is 2. The molecule has 0 saturated heterocycles. The minimum Gasteiger partial charge on any atom is -0.618 e. The number of aromatic nitrogens is 2. The van der Waals surface area contributed by atoms with Crippen molar-refractivity contribution in [3.05, 3.63) is 71.2 Å². The Morgan fingerprint density at radius 1 is 1.13 bits per heavy atom. The van der Waals surface area contributed by atoms with Crippen LogP contribution in [0, 0.1) is 5.21 Å². The number of nitrogens with zero attached hydrogens (tertiary/aromatic N) is 2. The SMILES string of the molecule is O=C1OC2(CCC(O)(C(=O)Nc3cc(-c4ccccc4)no3)CC2)c2ccc[n+]([O-])c21. The van der Waals surface area contributed by atoms with Crippen LogP contribution in [0.5, 0.6) is 0 Å². The third-order valence-electron chi connectivity index (χ3n) is 6.06. The van der Waals surface area contributed by atoms with E-state index < -0.39 is 23.1 Å². The molecule has 1 aromatic carbocycles. The molecule has 0 radical (unpaired) electrons. The average Bonchev–Trinajstić information content (AvgIpc) is 3.35. The standard InChI is InChI=1S/C22H19N3O6/c26-19-18-15(7-4-12-25(18)29)22(30-19)10-8-21(28,9-11-22)20(27)23-17-13-16(24-31-17)14-5-2-1-3-6-14/h1-7,12-13,28H,8-11H2,(H,23,27). The number of benzene rings is 1. The number of anilines is 1. The van der Waals surface area contributed by atoms with Crippen LogP contribution >= 0.6 is 0 Å². The van der Waals surface area contributed by atoms with Crippen LogP contribution in [-0.2, 0) is 15.1 Å². The molecule has 1 amide bonds. The lowest BCUT2D eigenvalue weighted by atomic mass is 9.73. The molecule has 0 bridgehead atoms. The number of carbonyl (C=O) groups is 2. The van der Waals surface area contributed by atoms with Gasteiger partial charge in [-0.15, -0.1) is 0 Å². The Hall–Kier alpha value is -3.72. The Kier molecular flexibility index (Phi) is 4.30. The number of pyridine rings is 1. The molecule has 2 N–H and O–H groups in total. The summed E-state index contributed by atoms with van der Waals surface area (Å²) in [5.74, 6) is -1.17. The van der Waals surface area contributed by atoms with Gasteiger partial charge in [-0.2, -0.15) is 4.73 Å². The van der Waals surface area contributed by atoms with Crippen molar-refractivity contribution in [1.82, 2.24) is 5.16 Å². The van der Waals surface area contributed by atoms with E-state index in [9.17, 15) is 19.9 Å². The number of amides is 1. The molecule has 2 aromatic heterocycles. The molecule has 2 aliphatic rings. The number of hydrogen-bond donors (Lipinski definition) is 2. The molecule has 3 aromatic rings. The highest BCUT2D eigenvalue weighted by Gasteiger charge is 2.55. The normalized spacial score (nSPS) is 24.6. The third kappa shape index (κ3) is 3.14. The Morgan fingerprint density at radius 2 is 1.87 bits per heavy atom. The van der Waals surface area contributed by atoms with Crippen molar-refractivity contribution >= 4 is 17.8 Å². The molecule has 1 aliphatic carbocycles. The van der Waals surface area contributed by atoms with Gasteiger partial charge in [-0.25, -0.2) is 4.79 Å². The van der Waals surface area contributed by atoms with Crippen molar-refractivity contribution in [3.63, 3.8) is 0 Å². The van der Waals surface area contributed by atoms with Crippen LogP contribution in [0.25, 0.3) is 11.3 Å². The van der Waals surface area contributed by atoms with Crippen molar-refractivity contribution in [3.8, 4) is 11.3 Å². The first-order valence-corrected chi connectivity index (χ1v) is 9.92. The molecule has 1 saturated carbocycles. The number of ether oxygens (including phenoxy) is 1. The highest BCUT2D eigenvalue weighted by molar-refractivity contribution is 5.96. The van der Waals surface area contributed by atoms with Gasteiger partial charge in [0, 0.05) is 17.7 Å². The summed E-state index contributed by atoms with van der Waals surface area (Å²) in [4.78, 5) is 25.0. The van der Waals surface area contributed by atoms with E-state index in [1.54, 1.807) is 18.2 Å². The summed E-state index contributed by atoms with van der Waals surface area (Å²) in [5.41, 5.74) is -0.803. The fraction of sp³-hybridized carbons (Fsp3) is 0.273. The molecule has 0 unspecified atom stereocenters. The lowest BCUT2D eigenvalue weighted by Gasteiger charge is -2.39. The van der Waals surface area contributed by atoms with Crippen LogP contribution in [0.1, 0.15) is 41.7 Å². The van der Waals surface area contributed by atoms with Gasteiger partial charge in [0.25, 0.3) is 5.91 Å². The number of aliphatic hydroxyl groups is 1. The van der Waals surface area contributed by atoms with E-state index in [1.165, 1.54) is 6.20 Å². The van der Waals surface area contributed by atoms with Crippen LogP contribution in [0.2, 0.25) is 0 Å². The van der Waals surface area contributed by atoms with Gasteiger partial charge < -0.3 is 19.6 Å². The summed E-state index contributed by atoms with van der Waals surface area (Å²) in [6.45, 7) is 0. The van der Waals surface area contributed by atoms with Gasteiger partial charge in [0.15, 0.2) is 6.20 Å². The molecule has 158 valence electrons. The molecule has 1 fully saturated rings. The molecule has 31 heavy (non-hydrogen) atoms.